The zero-order valence-corrected chi connectivity index (χ0v) is 56.0. The van der Waals surface area contributed by atoms with Crippen LogP contribution in [0, 0.1) is 0 Å². The van der Waals surface area contributed by atoms with E-state index in [1.54, 1.807) is 0 Å². The molecular formula is C77H147NO5. The van der Waals surface area contributed by atoms with Gasteiger partial charge in [-0.15, -0.1) is 0 Å². The first-order chi connectivity index (χ1) is 41.0. The molecule has 1 amide bonds. The molecule has 0 rings (SSSR count). The Kier molecular flexibility index (Phi) is 69.5. The van der Waals surface area contributed by atoms with Gasteiger partial charge in [-0.25, -0.2) is 0 Å². The molecule has 4 unspecified atom stereocenters. The number of hydrogen-bond donors (Lipinski definition) is 5. The number of carbonyl (C=O) groups is 1. The Morgan fingerprint density at radius 1 is 0.289 bits per heavy atom. The Balaban J connectivity index is 3.58. The van der Waals surface area contributed by atoms with Crippen molar-refractivity contribution in [3.05, 3.63) is 48.6 Å². The van der Waals surface area contributed by atoms with Crippen LogP contribution >= 0.6 is 0 Å². The van der Waals surface area contributed by atoms with Crippen LogP contribution in [0.2, 0.25) is 0 Å². The van der Waals surface area contributed by atoms with E-state index in [9.17, 15) is 25.2 Å². The molecule has 490 valence electrons. The summed E-state index contributed by atoms with van der Waals surface area (Å²) in [5.74, 6) is -0.594. The lowest BCUT2D eigenvalue weighted by Crippen LogP contribution is -2.53. The van der Waals surface area contributed by atoms with Gasteiger partial charge in [0.2, 0.25) is 5.91 Å². The zero-order valence-electron chi connectivity index (χ0n) is 56.0. The third-order valence-corrected chi connectivity index (χ3v) is 17.7. The molecule has 0 heterocycles. The van der Waals surface area contributed by atoms with Gasteiger partial charge in [0.1, 0.15) is 12.2 Å². The second kappa shape index (κ2) is 71.0. The number of nitrogens with one attached hydrogen (secondary N) is 1. The third kappa shape index (κ3) is 64.6. The summed E-state index contributed by atoms with van der Waals surface area (Å²) in [5.41, 5.74) is 0. The Morgan fingerprint density at radius 2 is 0.506 bits per heavy atom. The smallest absolute Gasteiger partial charge is 0.249 e. The van der Waals surface area contributed by atoms with Crippen LogP contribution in [0.1, 0.15) is 406 Å². The Labute approximate surface area is 519 Å². The maximum Gasteiger partial charge on any atom is 0.249 e. The normalized spacial score (nSPS) is 13.7. The number of rotatable bonds is 70. The van der Waals surface area contributed by atoms with E-state index >= 15 is 0 Å². The van der Waals surface area contributed by atoms with E-state index in [2.05, 4.69) is 67.8 Å². The first kappa shape index (κ1) is 81.3. The van der Waals surface area contributed by atoms with Crippen LogP contribution in [0.4, 0.5) is 0 Å². The minimum atomic E-state index is -1.30. The van der Waals surface area contributed by atoms with Crippen molar-refractivity contribution in [3.63, 3.8) is 0 Å². The summed E-state index contributed by atoms with van der Waals surface area (Å²) in [5, 5.41) is 44.2. The van der Waals surface area contributed by atoms with E-state index in [0.29, 0.717) is 19.3 Å². The molecule has 6 heteroatoms. The fourth-order valence-corrected chi connectivity index (χ4v) is 11.9. The van der Waals surface area contributed by atoms with Gasteiger partial charge in [0, 0.05) is 0 Å². The van der Waals surface area contributed by atoms with Crippen LogP contribution < -0.4 is 5.32 Å². The maximum absolute atomic E-state index is 12.7. The van der Waals surface area contributed by atoms with Crippen molar-refractivity contribution < 1.29 is 25.2 Å². The summed E-state index contributed by atoms with van der Waals surface area (Å²) >= 11 is 0. The van der Waals surface area contributed by atoms with Gasteiger partial charge < -0.3 is 25.7 Å². The van der Waals surface area contributed by atoms with Crippen molar-refractivity contribution in [2.45, 2.75) is 430 Å². The summed E-state index contributed by atoms with van der Waals surface area (Å²) in [7, 11) is 0. The van der Waals surface area contributed by atoms with E-state index in [1.165, 1.54) is 321 Å². The second-order valence-corrected chi connectivity index (χ2v) is 26.0. The van der Waals surface area contributed by atoms with Crippen LogP contribution in [0.25, 0.3) is 0 Å². The van der Waals surface area contributed by atoms with Gasteiger partial charge in [-0.1, -0.05) is 364 Å². The molecule has 0 aromatic heterocycles. The number of aliphatic hydroxyl groups is 4. The Morgan fingerprint density at radius 3 is 0.759 bits per heavy atom. The summed E-state index contributed by atoms with van der Waals surface area (Å²) in [6.45, 7) is 4.09. The van der Waals surface area contributed by atoms with Gasteiger partial charge >= 0.3 is 0 Å². The van der Waals surface area contributed by atoms with Crippen LogP contribution in [0.15, 0.2) is 48.6 Å². The molecule has 0 aliphatic rings. The molecule has 4 atom stereocenters. The zero-order chi connectivity index (χ0) is 60.1. The average molecular weight is 1170 g/mol. The quantitative estimate of drug-likeness (QED) is 0.0308. The van der Waals surface area contributed by atoms with E-state index < -0.39 is 36.9 Å². The lowest BCUT2D eigenvalue weighted by atomic mass is 10.00. The Bertz CT molecular complexity index is 1360. The first-order valence-electron chi connectivity index (χ1n) is 37.5. The van der Waals surface area contributed by atoms with Crippen LogP contribution in [0.3, 0.4) is 0 Å². The molecule has 0 aromatic rings. The predicted octanol–water partition coefficient (Wildman–Crippen LogP) is 23.6. The number of carbonyl (C=O) groups excluding carboxylic acids is 1. The van der Waals surface area contributed by atoms with E-state index in [4.69, 9.17) is 0 Å². The number of amides is 1. The highest BCUT2D eigenvalue weighted by atomic mass is 16.3. The highest BCUT2D eigenvalue weighted by molar-refractivity contribution is 5.80. The molecule has 83 heavy (non-hydrogen) atoms. The minimum absolute atomic E-state index is 0.360. The van der Waals surface area contributed by atoms with E-state index in [-0.39, 0.29) is 0 Å². The van der Waals surface area contributed by atoms with Crippen molar-refractivity contribution >= 4 is 5.91 Å². The number of allylic oxidation sites excluding steroid dienone is 8. The standard InChI is InChI=1S/C77H147NO5/c1-3-5-7-9-11-13-15-17-19-21-23-25-27-29-31-33-35-36-37-38-39-41-43-45-47-49-51-53-55-57-59-61-63-65-67-69-71-75(81)77(83)78-73(72-79)76(82)74(80)70-68-66-64-62-60-58-56-54-52-50-48-46-44-42-40-34-32-30-28-26-24-22-20-18-16-14-12-10-8-6-4-2/h36-37,46,48,54,56,62,64,73-76,79-82H,3-35,38-45,47,49-53,55,57-61,63,65-72H2,1-2H3,(H,78,83)/b37-36-,48-46+,56-54+,64-62+. The highest BCUT2D eigenvalue weighted by Crippen LogP contribution is 2.19. The molecule has 0 spiro atoms. The molecule has 6 nitrogen and oxygen atoms in total. The lowest BCUT2D eigenvalue weighted by Gasteiger charge is -2.27. The summed E-state index contributed by atoms with van der Waals surface area (Å²) in [6, 6.07) is -1.01. The minimum Gasteiger partial charge on any atom is -0.394 e. The van der Waals surface area contributed by atoms with Crippen molar-refractivity contribution in [1.82, 2.24) is 5.32 Å². The van der Waals surface area contributed by atoms with E-state index in [0.717, 1.165) is 51.4 Å². The average Bonchev–Trinajstić information content (AvgIpc) is 3.54. The van der Waals surface area contributed by atoms with Gasteiger partial charge in [0.25, 0.3) is 0 Å². The molecule has 0 radical (unpaired) electrons. The van der Waals surface area contributed by atoms with Gasteiger partial charge in [-0.3, -0.25) is 4.79 Å². The molecule has 0 aliphatic carbocycles. The molecule has 0 aromatic carbocycles. The molecular weight excluding hydrogens is 1020 g/mol. The molecule has 0 bridgehead atoms. The van der Waals surface area contributed by atoms with Gasteiger partial charge in [0.05, 0.1) is 18.8 Å². The van der Waals surface area contributed by atoms with Crippen molar-refractivity contribution in [2.24, 2.45) is 0 Å². The lowest BCUT2D eigenvalue weighted by molar-refractivity contribution is -0.132. The first-order valence-corrected chi connectivity index (χ1v) is 37.5. The van der Waals surface area contributed by atoms with Crippen molar-refractivity contribution in [2.75, 3.05) is 6.61 Å². The van der Waals surface area contributed by atoms with Crippen molar-refractivity contribution in [1.29, 1.82) is 0 Å². The Hall–Kier alpha value is -1.73. The number of hydrogen-bond acceptors (Lipinski definition) is 5. The monoisotopic (exact) mass is 1170 g/mol. The summed E-state index contributed by atoms with van der Waals surface area (Å²) in [4.78, 5) is 12.7. The largest absolute Gasteiger partial charge is 0.394 e. The second-order valence-electron chi connectivity index (χ2n) is 26.0. The summed E-state index contributed by atoms with van der Waals surface area (Å²) in [6.07, 6.45) is 94.1. The van der Waals surface area contributed by atoms with Gasteiger partial charge in [-0.2, -0.15) is 0 Å². The maximum atomic E-state index is 12.7. The summed E-state index contributed by atoms with van der Waals surface area (Å²) < 4.78 is 0. The topological polar surface area (TPSA) is 110 Å². The molecule has 0 saturated carbocycles. The van der Waals surface area contributed by atoms with Gasteiger partial charge in [-0.05, 0) is 89.9 Å². The van der Waals surface area contributed by atoms with Crippen molar-refractivity contribution in [3.8, 4) is 0 Å². The molecule has 0 saturated heterocycles. The van der Waals surface area contributed by atoms with Crippen LogP contribution in [-0.4, -0.2) is 57.3 Å². The van der Waals surface area contributed by atoms with Gasteiger partial charge in [0.15, 0.2) is 0 Å². The molecule has 0 fully saturated rings. The SMILES string of the molecule is CCCCCCCCCCCCCCCCCC/C=C\CCCCCCCCCCCCCCCCCCC(O)C(=O)NC(CO)C(O)C(O)CCC/C=C/CC/C=C/CC/C=C/CCCCCCCCCCCCCCCCCCCC. The predicted molar refractivity (Wildman–Crippen MR) is 367 cm³/mol. The fraction of sp³-hybridized carbons (Fsp3) is 0.883. The fourth-order valence-electron chi connectivity index (χ4n) is 11.9. The third-order valence-electron chi connectivity index (χ3n) is 17.7. The highest BCUT2D eigenvalue weighted by Gasteiger charge is 2.28. The van der Waals surface area contributed by atoms with Crippen LogP contribution in [-0.2, 0) is 4.79 Å². The van der Waals surface area contributed by atoms with Crippen LogP contribution in [0.5, 0.6) is 0 Å². The molecule has 5 N–H and O–H groups in total. The number of aliphatic hydroxyl groups excluding tert-OH is 4. The molecule has 0 aliphatic heterocycles. The van der Waals surface area contributed by atoms with E-state index in [1.807, 2.05) is 0 Å². The number of unbranched alkanes of at least 4 members (excludes halogenated alkanes) is 53.